The smallest absolute Gasteiger partial charge is 0.265 e. The number of anilines is 1. The molecule has 1 N–H and O–H groups in total. The zero-order chi connectivity index (χ0) is 14.5. The minimum Gasteiger partial charge on any atom is -0.482 e. The zero-order valence-corrected chi connectivity index (χ0v) is 11.4. The summed E-state index contributed by atoms with van der Waals surface area (Å²) in [6.45, 7) is 0.541. The Morgan fingerprint density at radius 2 is 2.20 bits per heavy atom. The van der Waals surface area contributed by atoms with Crippen molar-refractivity contribution in [1.82, 2.24) is 4.90 Å². The van der Waals surface area contributed by atoms with Crippen molar-refractivity contribution in [3.8, 4) is 5.75 Å². The lowest BCUT2D eigenvalue weighted by Crippen LogP contribution is -2.41. The molecule has 6 heteroatoms. The lowest BCUT2D eigenvalue weighted by Gasteiger charge is -2.29. The molecular weight excluding hydrogens is 260 g/mol. The number of carbonyl (C=O) groups excluding carboxylic acids is 2. The van der Waals surface area contributed by atoms with E-state index < -0.39 is 0 Å². The van der Waals surface area contributed by atoms with Gasteiger partial charge in [0.1, 0.15) is 5.75 Å². The summed E-state index contributed by atoms with van der Waals surface area (Å²) in [4.78, 5) is 26.8. The second kappa shape index (κ2) is 6.38. The number of hydrogen-bond acceptors (Lipinski definition) is 4. The van der Waals surface area contributed by atoms with Gasteiger partial charge in [0.2, 0.25) is 5.91 Å². The highest BCUT2D eigenvalue weighted by atomic mass is 16.5. The first-order valence-corrected chi connectivity index (χ1v) is 6.50. The van der Waals surface area contributed by atoms with Gasteiger partial charge in [0, 0.05) is 26.6 Å². The van der Waals surface area contributed by atoms with E-state index in [4.69, 9.17) is 9.84 Å². The second-order valence-electron chi connectivity index (χ2n) is 4.59. The molecule has 20 heavy (non-hydrogen) atoms. The standard InChI is InChI=1S/C14H18N2O4/c1-15(8-9-17)13(18)6-7-16-11-4-2-3-5-12(11)20-10-14(16)19/h2-5,17H,6-10H2,1H3. The van der Waals surface area contributed by atoms with Crippen LogP contribution >= 0.6 is 0 Å². The number of aliphatic hydroxyl groups excluding tert-OH is 1. The fourth-order valence-corrected chi connectivity index (χ4v) is 2.07. The number of amides is 2. The quantitative estimate of drug-likeness (QED) is 0.838. The predicted molar refractivity (Wildman–Crippen MR) is 73.6 cm³/mol. The maximum Gasteiger partial charge on any atom is 0.265 e. The molecule has 0 saturated heterocycles. The van der Waals surface area contributed by atoms with Crippen molar-refractivity contribution in [1.29, 1.82) is 0 Å². The molecule has 1 heterocycles. The third-order valence-corrected chi connectivity index (χ3v) is 3.22. The molecule has 1 aromatic rings. The number of rotatable bonds is 5. The number of ether oxygens (including phenoxy) is 1. The highest BCUT2D eigenvalue weighted by molar-refractivity contribution is 5.98. The van der Waals surface area contributed by atoms with Crippen LogP contribution < -0.4 is 9.64 Å². The van der Waals surface area contributed by atoms with Crippen LogP contribution in [-0.4, -0.2) is 55.2 Å². The largest absolute Gasteiger partial charge is 0.482 e. The van der Waals surface area contributed by atoms with Crippen LogP contribution in [0.3, 0.4) is 0 Å². The maximum absolute atomic E-state index is 11.9. The summed E-state index contributed by atoms with van der Waals surface area (Å²) >= 11 is 0. The molecule has 0 bridgehead atoms. The molecule has 0 saturated carbocycles. The third kappa shape index (κ3) is 3.08. The Balaban J connectivity index is 2.02. The van der Waals surface area contributed by atoms with Gasteiger partial charge < -0.3 is 19.6 Å². The molecule has 0 spiro atoms. The number of hydrogen-bond donors (Lipinski definition) is 1. The Labute approximate surface area is 117 Å². The Morgan fingerprint density at radius 3 is 2.95 bits per heavy atom. The molecule has 0 aliphatic carbocycles. The van der Waals surface area contributed by atoms with Gasteiger partial charge >= 0.3 is 0 Å². The van der Waals surface area contributed by atoms with E-state index in [2.05, 4.69) is 0 Å². The first kappa shape index (κ1) is 14.3. The maximum atomic E-state index is 11.9. The summed E-state index contributed by atoms with van der Waals surface area (Å²) in [7, 11) is 1.63. The Hall–Kier alpha value is -2.08. The van der Waals surface area contributed by atoms with Crippen molar-refractivity contribution in [3.05, 3.63) is 24.3 Å². The van der Waals surface area contributed by atoms with E-state index in [0.29, 0.717) is 24.5 Å². The van der Waals surface area contributed by atoms with E-state index in [0.717, 1.165) is 0 Å². The molecule has 0 atom stereocenters. The Bertz CT molecular complexity index is 504. The van der Waals surface area contributed by atoms with Gasteiger partial charge in [-0.05, 0) is 12.1 Å². The van der Waals surface area contributed by atoms with Crippen LogP contribution in [0.5, 0.6) is 5.75 Å². The predicted octanol–water partition coefficient (Wildman–Crippen LogP) is 0.253. The summed E-state index contributed by atoms with van der Waals surface area (Å²) < 4.78 is 5.34. The van der Waals surface area contributed by atoms with Crippen molar-refractivity contribution in [2.45, 2.75) is 6.42 Å². The van der Waals surface area contributed by atoms with Crippen molar-refractivity contribution in [3.63, 3.8) is 0 Å². The molecule has 1 aliphatic rings. The molecule has 0 aromatic heterocycles. The molecule has 0 unspecified atom stereocenters. The SMILES string of the molecule is CN(CCO)C(=O)CCN1C(=O)COc2ccccc21. The van der Waals surface area contributed by atoms with Crippen LogP contribution in [0.25, 0.3) is 0 Å². The van der Waals surface area contributed by atoms with Gasteiger partial charge in [0.15, 0.2) is 6.61 Å². The number of likely N-dealkylation sites (N-methyl/N-ethyl adjacent to an activating group) is 1. The lowest BCUT2D eigenvalue weighted by molar-refractivity contribution is -0.130. The summed E-state index contributed by atoms with van der Waals surface area (Å²) in [5.74, 6) is 0.403. The van der Waals surface area contributed by atoms with Gasteiger partial charge in [-0.25, -0.2) is 0 Å². The average Bonchev–Trinajstić information content (AvgIpc) is 2.46. The van der Waals surface area contributed by atoms with E-state index in [9.17, 15) is 9.59 Å². The molecular formula is C14H18N2O4. The van der Waals surface area contributed by atoms with E-state index in [1.165, 1.54) is 4.90 Å². The Kier molecular flexibility index (Phi) is 4.57. The van der Waals surface area contributed by atoms with E-state index >= 15 is 0 Å². The van der Waals surface area contributed by atoms with Crippen LogP contribution in [0.1, 0.15) is 6.42 Å². The molecule has 0 fully saturated rings. The highest BCUT2D eigenvalue weighted by Gasteiger charge is 2.25. The minimum absolute atomic E-state index is 0.00230. The van der Waals surface area contributed by atoms with Gasteiger partial charge in [-0.2, -0.15) is 0 Å². The molecule has 2 rings (SSSR count). The monoisotopic (exact) mass is 278 g/mol. The molecule has 2 amide bonds. The van der Waals surface area contributed by atoms with Gasteiger partial charge in [-0.15, -0.1) is 0 Å². The van der Waals surface area contributed by atoms with Gasteiger partial charge in [0.25, 0.3) is 5.91 Å². The van der Waals surface area contributed by atoms with Gasteiger partial charge in [-0.1, -0.05) is 12.1 Å². The molecule has 1 aromatic carbocycles. The summed E-state index contributed by atoms with van der Waals surface area (Å²) in [6, 6.07) is 7.27. The second-order valence-corrected chi connectivity index (χ2v) is 4.59. The topological polar surface area (TPSA) is 70.1 Å². The van der Waals surface area contributed by atoms with Crippen molar-refractivity contribution < 1.29 is 19.4 Å². The van der Waals surface area contributed by atoms with Gasteiger partial charge in [-0.3, -0.25) is 9.59 Å². The highest BCUT2D eigenvalue weighted by Crippen LogP contribution is 2.31. The number of carbonyl (C=O) groups is 2. The zero-order valence-electron chi connectivity index (χ0n) is 11.4. The van der Waals surface area contributed by atoms with Gasteiger partial charge in [0.05, 0.1) is 12.3 Å². The molecule has 6 nitrogen and oxygen atoms in total. The first-order valence-electron chi connectivity index (χ1n) is 6.50. The molecule has 0 radical (unpaired) electrons. The number of benzene rings is 1. The van der Waals surface area contributed by atoms with Crippen LogP contribution in [0.4, 0.5) is 5.69 Å². The normalized spacial score (nSPS) is 13.7. The van der Waals surface area contributed by atoms with Crippen LogP contribution in [0.15, 0.2) is 24.3 Å². The first-order chi connectivity index (χ1) is 9.63. The third-order valence-electron chi connectivity index (χ3n) is 3.22. The van der Waals surface area contributed by atoms with E-state index in [-0.39, 0.29) is 31.4 Å². The van der Waals surface area contributed by atoms with Crippen LogP contribution in [-0.2, 0) is 9.59 Å². The summed E-state index contributed by atoms with van der Waals surface area (Å²) in [5.41, 5.74) is 0.696. The van der Waals surface area contributed by atoms with Crippen LogP contribution in [0.2, 0.25) is 0 Å². The molecule has 108 valence electrons. The Morgan fingerprint density at radius 1 is 1.45 bits per heavy atom. The number of fused-ring (bicyclic) bond motifs is 1. The van der Waals surface area contributed by atoms with Crippen LogP contribution in [0, 0.1) is 0 Å². The average molecular weight is 278 g/mol. The lowest BCUT2D eigenvalue weighted by atomic mass is 10.2. The number of aliphatic hydroxyl groups is 1. The fraction of sp³-hybridized carbons (Fsp3) is 0.429. The summed E-state index contributed by atoms with van der Waals surface area (Å²) in [5, 5.41) is 8.80. The summed E-state index contributed by atoms with van der Waals surface area (Å²) in [6.07, 6.45) is 0.219. The van der Waals surface area contributed by atoms with Crippen molar-refractivity contribution in [2.24, 2.45) is 0 Å². The number of para-hydroxylation sites is 2. The van der Waals surface area contributed by atoms with E-state index in [1.807, 2.05) is 12.1 Å². The molecule has 1 aliphatic heterocycles. The minimum atomic E-state index is -0.152. The fourth-order valence-electron chi connectivity index (χ4n) is 2.07. The van der Waals surface area contributed by atoms with Crippen molar-refractivity contribution in [2.75, 3.05) is 38.3 Å². The van der Waals surface area contributed by atoms with E-state index in [1.54, 1.807) is 24.1 Å². The number of nitrogens with zero attached hydrogens (tertiary/aromatic N) is 2. The van der Waals surface area contributed by atoms with Crippen molar-refractivity contribution >= 4 is 17.5 Å².